The van der Waals surface area contributed by atoms with Crippen LogP contribution in [0.15, 0.2) is 54.6 Å². The summed E-state index contributed by atoms with van der Waals surface area (Å²) in [5.74, 6) is 0.0627. The number of benzene rings is 2. The van der Waals surface area contributed by atoms with Crippen LogP contribution in [0.2, 0.25) is 5.02 Å². The maximum Gasteiger partial charge on any atom is 0.152 e. The summed E-state index contributed by atoms with van der Waals surface area (Å²) in [6, 6.07) is 15.8. The minimum atomic E-state index is 0.0627. The lowest BCUT2D eigenvalue weighted by atomic mass is 10.0. The number of allylic oxidation sites excluding steroid dienone is 2. The summed E-state index contributed by atoms with van der Waals surface area (Å²) in [7, 11) is 0. The van der Waals surface area contributed by atoms with Crippen LogP contribution in [-0.4, -0.2) is 5.78 Å². The molecule has 0 spiro atoms. The largest absolute Gasteiger partial charge is 0.295 e. The maximum atomic E-state index is 11.1. The van der Waals surface area contributed by atoms with Gasteiger partial charge in [-0.3, -0.25) is 4.79 Å². The molecule has 2 aromatic rings. The summed E-state index contributed by atoms with van der Waals surface area (Å²) < 4.78 is 0. The van der Waals surface area contributed by atoms with E-state index in [9.17, 15) is 4.79 Å². The smallest absolute Gasteiger partial charge is 0.152 e. The molecule has 0 N–H and O–H groups in total. The minimum Gasteiger partial charge on any atom is -0.295 e. The predicted molar refractivity (Wildman–Crippen MR) is 81.2 cm³/mol. The van der Waals surface area contributed by atoms with Crippen LogP contribution >= 0.6 is 11.6 Å². The first-order valence-corrected chi connectivity index (χ1v) is 6.50. The van der Waals surface area contributed by atoms with Crippen LogP contribution in [0.25, 0.3) is 16.7 Å². The Bertz CT molecular complexity index is 624. The number of hydrogen-bond acceptors (Lipinski definition) is 1. The van der Waals surface area contributed by atoms with Crippen molar-refractivity contribution in [3.63, 3.8) is 0 Å². The topological polar surface area (TPSA) is 17.1 Å². The van der Waals surface area contributed by atoms with Gasteiger partial charge in [0.1, 0.15) is 0 Å². The van der Waals surface area contributed by atoms with Gasteiger partial charge in [0, 0.05) is 10.6 Å². The van der Waals surface area contributed by atoms with Crippen LogP contribution in [0.3, 0.4) is 0 Å². The van der Waals surface area contributed by atoms with E-state index in [1.165, 1.54) is 0 Å². The van der Waals surface area contributed by atoms with Crippen LogP contribution in [0.4, 0.5) is 0 Å². The van der Waals surface area contributed by atoms with E-state index in [1.54, 1.807) is 13.0 Å². The fraction of sp³-hybridized carbons (Fsp3) is 0.118. The lowest BCUT2D eigenvalue weighted by Crippen LogP contribution is -1.87. The zero-order valence-corrected chi connectivity index (χ0v) is 11.7. The molecule has 0 atom stereocenters. The van der Waals surface area contributed by atoms with Crippen molar-refractivity contribution in [3.05, 3.63) is 65.2 Å². The highest BCUT2D eigenvalue weighted by atomic mass is 35.5. The van der Waals surface area contributed by atoms with Crippen LogP contribution < -0.4 is 0 Å². The summed E-state index contributed by atoms with van der Waals surface area (Å²) >= 11 is 6.17. The molecule has 0 radical (unpaired) electrons. The Labute approximate surface area is 118 Å². The summed E-state index contributed by atoms with van der Waals surface area (Å²) in [6.45, 7) is 3.49. The summed E-state index contributed by atoms with van der Waals surface area (Å²) in [6.07, 6.45) is 1.64. The number of rotatable bonds is 3. The van der Waals surface area contributed by atoms with Gasteiger partial charge in [0.05, 0.1) is 0 Å². The average Bonchev–Trinajstić information content (AvgIpc) is 2.39. The molecule has 0 aliphatic rings. The second-order valence-corrected chi connectivity index (χ2v) is 4.90. The second-order valence-electron chi connectivity index (χ2n) is 4.50. The van der Waals surface area contributed by atoms with Crippen molar-refractivity contribution in [2.24, 2.45) is 0 Å². The van der Waals surface area contributed by atoms with E-state index in [4.69, 9.17) is 11.6 Å². The Morgan fingerprint density at radius 1 is 1.00 bits per heavy atom. The molecule has 0 heterocycles. The highest BCUT2D eigenvalue weighted by Crippen LogP contribution is 2.28. The number of hydrogen-bond donors (Lipinski definition) is 0. The zero-order chi connectivity index (χ0) is 13.8. The third-order valence-corrected chi connectivity index (χ3v) is 3.27. The van der Waals surface area contributed by atoms with E-state index in [2.05, 4.69) is 0 Å². The van der Waals surface area contributed by atoms with E-state index in [0.29, 0.717) is 0 Å². The molecule has 0 bridgehead atoms. The van der Waals surface area contributed by atoms with E-state index >= 15 is 0 Å². The average molecular weight is 271 g/mol. The summed E-state index contributed by atoms with van der Waals surface area (Å²) in [5.41, 5.74) is 4.11. The first-order valence-electron chi connectivity index (χ1n) is 6.12. The molecule has 0 amide bonds. The van der Waals surface area contributed by atoms with Crippen LogP contribution in [-0.2, 0) is 4.79 Å². The molecule has 2 aromatic carbocycles. The van der Waals surface area contributed by atoms with Gasteiger partial charge in [0.2, 0.25) is 0 Å². The molecule has 0 saturated heterocycles. The van der Waals surface area contributed by atoms with Crippen molar-refractivity contribution in [2.45, 2.75) is 13.8 Å². The fourth-order valence-electron chi connectivity index (χ4n) is 2.00. The normalized spacial score (nSPS) is 11.4. The molecule has 0 unspecified atom stereocenters. The quantitative estimate of drug-likeness (QED) is 0.718. The van der Waals surface area contributed by atoms with Gasteiger partial charge in [0.25, 0.3) is 0 Å². The molecule has 0 saturated carbocycles. The molecule has 0 fully saturated rings. The minimum absolute atomic E-state index is 0.0627. The van der Waals surface area contributed by atoms with E-state index in [-0.39, 0.29) is 5.78 Å². The molecule has 19 heavy (non-hydrogen) atoms. The second kappa shape index (κ2) is 5.85. The third kappa shape index (κ3) is 3.33. The molecule has 1 nitrogen and oxygen atoms in total. The first-order chi connectivity index (χ1) is 9.08. The molecule has 2 heteroatoms. The van der Waals surface area contributed by atoms with Gasteiger partial charge in [-0.1, -0.05) is 54.1 Å². The molecule has 0 aliphatic carbocycles. The molecule has 96 valence electrons. The Morgan fingerprint density at radius 3 is 2.21 bits per heavy atom. The van der Waals surface area contributed by atoms with E-state index < -0.39 is 0 Å². The van der Waals surface area contributed by atoms with Gasteiger partial charge in [0.15, 0.2) is 5.78 Å². The lowest BCUT2D eigenvalue weighted by molar-refractivity contribution is -0.112. The number of carbonyl (C=O) groups is 1. The Balaban J connectivity index is 2.34. The molecular weight excluding hydrogens is 256 g/mol. The maximum absolute atomic E-state index is 11.1. The van der Waals surface area contributed by atoms with Crippen LogP contribution in [0.1, 0.15) is 19.4 Å². The van der Waals surface area contributed by atoms with E-state index in [1.807, 2.05) is 55.5 Å². The Kier molecular flexibility index (Phi) is 4.18. The van der Waals surface area contributed by atoms with Gasteiger partial charge in [-0.25, -0.2) is 0 Å². The fourth-order valence-corrected chi connectivity index (χ4v) is 2.24. The Hall–Kier alpha value is -1.86. The molecule has 0 aromatic heterocycles. The van der Waals surface area contributed by atoms with Crippen LogP contribution in [0.5, 0.6) is 0 Å². The summed E-state index contributed by atoms with van der Waals surface area (Å²) in [4.78, 5) is 11.1. The first kappa shape index (κ1) is 13.6. The Morgan fingerprint density at radius 2 is 1.63 bits per heavy atom. The van der Waals surface area contributed by atoms with Crippen molar-refractivity contribution in [1.82, 2.24) is 0 Å². The van der Waals surface area contributed by atoms with E-state index in [0.717, 1.165) is 27.3 Å². The number of ketones is 1. The number of carbonyl (C=O) groups excluding carboxylic acids is 1. The predicted octanol–water partition coefficient (Wildman–Crippen LogP) is 5.00. The number of halogens is 1. The SMILES string of the molecule is CC(=O)C=C(C)c1ccc(-c2ccccc2Cl)cc1. The van der Waals surface area contributed by atoms with Crippen molar-refractivity contribution >= 4 is 23.0 Å². The highest BCUT2D eigenvalue weighted by Gasteiger charge is 2.03. The molecule has 2 rings (SSSR count). The van der Waals surface area contributed by atoms with Gasteiger partial charge in [-0.05, 0) is 42.7 Å². The third-order valence-electron chi connectivity index (χ3n) is 2.94. The van der Waals surface area contributed by atoms with Crippen LogP contribution in [0, 0.1) is 0 Å². The lowest BCUT2D eigenvalue weighted by Gasteiger charge is -2.06. The van der Waals surface area contributed by atoms with Gasteiger partial charge < -0.3 is 0 Å². The molecule has 0 aliphatic heterocycles. The van der Waals surface area contributed by atoms with Crippen molar-refractivity contribution in [2.75, 3.05) is 0 Å². The van der Waals surface area contributed by atoms with Gasteiger partial charge in [-0.2, -0.15) is 0 Å². The highest BCUT2D eigenvalue weighted by molar-refractivity contribution is 6.33. The summed E-state index contributed by atoms with van der Waals surface area (Å²) in [5, 5.41) is 0.742. The van der Waals surface area contributed by atoms with Crippen molar-refractivity contribution in [1.29, 1.82) is 0 Å². The molecular formula is C17H15ClO. The standard InChI is InChI=1S/C17H15ClO/c1-12(11-13(2)19)14-7-9-15(10-8-14)16-5-3-4-6-17(16)18/h3-11H,1-2H3. The van der Waals surface area contributed by atoms with Crippen molar-refractivity contribution in [3.8, 4) is 11.1 Å². The van der Waals surface area contributed by atoms with Gasteiger partial charge >= 0.3 is 0 Å². The monoisotopic (exact) mass is 270 g/mol. The van der Waals surface area contributed by atoms with Gasteiger partial charge in [-0.15, -0.1) is 0 Å². The zero-order valence-electron chi connectivity index (χ0n) is 11.0. The van der Waals surface area contributed by atoms with Crippen molar-refractivity contribution < 1.29 is 4.79 Å².